The molecule has 0 aliphatic carbocycles. The molecule has 0 amide bonds. The van der Waals surface area contributed by atoms with E-state index >= 15 is 0 Å². The van der Waals surface area contributed by atoms with Crippen LogP contribution in [0.5, 0.6) is 0 Å². The number of aromatic nitrogens is 3. The van der Waals surface area contributed by atoms with Gasteiger partial charge in [0.05, 0.1) is 11.4 Å². The molecule has 0 bridgehead atoms. The number of rotatable bonds is 1. The van der Waals surface area contributed by atoms with Gasteiger partial charge in [0.1, 0.15) is 5.66 Å². The van der Waals surface area contributed by atoms with E-state index in [1.54, 1.807) is 4.68 Å². The fraction of sp³-hybridized carbons (Fsp3) is 0.800. The molecule has 0 saturated heterocycles. The van der Waals surface area contributed by atoms with Gasteiger partial charge in [-0.1, -0.05) is 26.0 Å². The molecule has 0 unspecified atom stereocenters. The summed E-state index contributed by atoms with van der Waals surface area (Å²) in [5.41, 5.74) is 7.57. The Morgan fingerprint density at radius 1 is 1.14 bits per heavy atom. The second kappa shape index (κ2) is 3.05. The van der Waals surface area contributed by atoms with Crippen LogP contribution in [-0.2, 0) is 11.1 Å². The normalized spacial score (nSPS) is 13.4. The third-order valence-electron chi connectivity index (χ3n) is 2.15. The Morgan fingerprint density at radius 3 is 1.86 bits per heavy atom. The highest BCUT2D eigenvalue weighted by Gasteiger charge is 2.26. The lowest BCUT2D eigenvalue weighted by molar-refractivity contribution is 0.318. The van der Waals surface area contributed by atoms with Crippen molar-refractivity contribution < 1.29 is 0 Å². The van der Waals surface area contributed by atoms with Gasteiger partial charge < -0.3 is 5.73 Å². The highest BCUT2D eigenvalue weighted by molar-refractivity contribution is 5.18. The van der Waals surface area contributed by atoms with E-state index in [0.29, 0.717) is 0 Å². The van der Waals surface area contributed by atoms with Crippen LogP contribution < -0.4 is 5.73 Å². The molecule has 0 saturated carbocycles. The van der Waals surface area contributed by atoms with E-state index in [1.807, 2.05) is 20.8 Å². The van der Waals surface area contributed by atoms with Gasteiger partial charge in [-0.25, -0.2) is 4.68 Å². The summed E-state index contributed by atoms with van der Waals surface area (Å²) in [6.45, 7) is 12.2. The molecule has 4 heteroatoms. The van der Waals surface area contributed by atoms with E-state index in [0.717, 1.165) is 11.4 Å². The number of nitrogens with two attached hydrogens (primary N) is 1. The van der Waals surface area contributed by atoms with Gasteiger partial charge >= 0.3 is 0 Å². The standard InChI is InChI=1S/C10H20N4/c1-7-8(9(2,3)4)12-13-14(7)10(5,6)11/h11H2,1-6H3. The van der Waals surface area contributed by atoms with Gasteiger partial charge in [-0.05, 0) is 20.8 Å². The monoisotopic (exact) mass is 196 g/mol. The van der Waals surface area contributed by atoms with Crippen molar-refractivity contribution in [3.63, 3.8) is 0 Å². The minimum atomic E-state index is -0.486. The lowest BCUT2D eigenvalue weighted by Crippen LogP contribution is -2.38. The van der Waals surface area contributed by atoms with Gasteiger partial charge in [0.15, 0.2) is 0 Å². The molecule has 0 aromatic carbocycles. The summed E-state index contributed by atoms with van der Waals surface area (Å²) < 4.78 is 1.77. The molecule has 0 fully saturated rings. The minimum Gasteiger partial charge on any atom is -0.308 e. The summed E-state index contributed by atoms with van der Waals surface area (Å²) in [6.07, 6.45) is 0. The van der Waals surface area contributed by atoms with Crippen molar-refractivity contribution in [3.8, 4) is 0 Å². The minimum absolute atomic E-state index is 0.0214. The molecule has 0 radical (unpaired) electrons. The summed E-state index contributed by atoms with van der Waals surface area (Å²) in [6, 6.07) is 0. The predicted octanol–water partition coefficient (Wildman–Crippen LogP) is 1.54. The Hall–Kier alpha value is -0.900. The van der Waals surface area contributed by atoms with Gasteiger partial charge in [-0.3, -0.25) is 0 Å². The zero-order valence-corrected chi connectivity index (χ0v) is 9.92. The van der Waals surface area contributed by atoms with Crippen LogP contribution in [0.15, 0.2) is 0 Å². The van der Waals surface area contributed by atoms with E-state index in [1.165, 1.54) is 0 Å². The maximum Gasteiger partial charge on any atom is 0.106 e. The smallest absolute Gasteiger partial charge is 0.106 e. The van der Waals surface area contributed by atoms with Crippen LogP contribution in [0.3, 0.4) is 0 Å². The zero-order valence-electron chi connectivity index (χ0n) is 9.92. The van der Waals surface area contributed by atoms with Crippen molar-refractivity contribution in [1.29, 1.82) is 0 Å². The number of nitrogens with zero attached hydrogens (tertiary/aromatic N) is 3. The predicted molar refractivity (Wildman–Crippen MR) is 57.0 cm³/mol. The lowest BCUT2D eigenvalue weighted by Gasteiger charge is -2.22. The molecular formula is C10H20N4. The van der Waals surface area contributed by atoms with Crippen LogP contribution >= 0.6 is 0 Å². The molecule has 80 valence electrons. The third-order valence-corrected chi connectivity index (χ3v) is 2.15. The summed E-state index contributed by atoms with van der Waals surface area (Å²) in [4.78, 5) is 0. The number of hydrogen-bond donors (Lipinski definition) is 1. The summed E-state index contributed by atoms with van der Waals surface area (Å²) in [7, 11) is 0. The Morgan fingerprint density at radius 2 is 1.64 bits per heavy atom. The molecule has 0 atom stereocenters. The maximum atomic E-state index is 5.97. The third kappa shape index (κ3) is 1.95. The van der Waals surface area contributed by atoms with Crippen molar-refractivity contribution in [2.45, 2.75) is 52.6 Å². The van der Waals surface area contributed by atoms with Crippen molar-refractivity contribution in [1.82, 2.24) is 15.0 Å². The average Bonchev–Trinajstić information content (AvgIpc) is 2.26. The molecule has 1 aromatic heterocycles. The van der Waals surface area contributed by atoms with Crippen molar-refractivity contribution in [3.05, 3.63) is 11.4 Å². The van der Waals surface area contributed by atoms with E-state index < -0.39 is 5.66 Å². The molecule has 2 N–H and O–H groups in total. The van der Waals surface area contributed by atoms with E-state index in [9.17, 15) is 0 Å². The topological polar surface area (TPSA) is 56.7 Å². The zero-order chi connectivity index (χ0) is 11.1. The molecule has 0 spiro atoms. The van der Waals surface area contributed by atoms with Crippen molar-refractivity contribution in [2.24, 2.45) is 5.73 Å². The first-order valence-corrected chi connectivity index (χ1v) is 4.86. The van der Waals surface area contributed by atoms with Crippen LogP contribution in [0.2, 0.25) is 0 Å². The first-order valence-electron chi connectivity index (χ1n) is 4.86. The molecule has 0 aliphatic rings. The van der Waals surface area contributed by atoms with Gasteiger partial charge in [-0.15, -0.1) is 5.10 Å². The Kier molecular flexibility index (Phi) is 2.44. The van der Waals surface area contributed by atoms with Crippen LogP contribution in [0.1, 0.15) is 46.0 Å². The first-order chi connectivity index (χ1) is 6.14. The van der Waals surface area contributed by atoms with Gasteiger partial charge in [0.2, 0.25) is 0 Å². The average molecular weight is 196 g/mol. The van der Waals surface area contributed by atoms with Crippen molar-refractivity contribution in [2.75, 3.05) is 0 Å². The molecule has 1 aromatic rings. The van der Waals surface area contributed by atoms with Gasteiger partial charge in [0.25, 0.3) is 0 Å². The Balaban J connectivity index is 3.23. The van der Waals surface area contributed by atoms with E-state index in [4.69, 9.17) is 5.73 Å². The van der Waals surface area contributed by atoms with Crippen LogP contribution in [0.4, 0.5) is 0 Å². The largest absolute Gasteiger partial charge is 0.308 e. The maximum absolute atomic E-state index is 5.97. The van der Waals surface area contributed by atoms with E-state index in [2.05, 4.69) is 31.1 Å². The summed E-state index contributed by atoms with van der Waals surface area (Å²) >= 11 is 0. The molecule has 14 heavy (non-hydrogen) atoms. The first kappa shape index (κ1) is 11.2. The molecule has 1 rings (SSSR count). The van der Waals surface area contributed by atoms with Crippen molar-refractivity contribution >= 4 is 0 Å². The van der Waals surface area contributed by atoms with Gasteiger partial charge in [-0.2, -0.15) is 0 Å². The highest BCUT2D eigenvalue weighted by Crippen LogP contribution is 2.24. The quantitative estimate of drug-likeness (QED) is 0.741. The summed E-state index contributed by atoms with van der Waals surface area (Å²) in [5, 5.41) is 8.28. The summed E-state index contributed by atoms with van der Waals surface area (Å²) in [5.74, 6) is 0. The van der Waals surface area contributed by atoms with E-state index in [-0.39, 0.29) is 5.41 Å². The number of hydrogen-bond acceptors (Lipinski definition) is 3. The van der Waals surface area contributed by atoms with Gasteiger partial charge in [0, 0.05) is 5.41 Å². The Labute approximate surface area is 85.5 Å². The molecular weight excluding hydrogens is 176 g/mol. The SMILES string of the molecule is Cc1c(C(C)(C)C)nnn1C(C)(C)N. The Bertz CT molecular complexity index is 293. The molecule has 1 heterocycles. The van der Waals surface area contributed by atoms with Crippen LogP contribution in [-0.4, -0.2) is 15.0 Å². The fourth-order valence-corrected chi connectivity index (χ4v) is 1.57. The highest BCUT2D eigenvalue weighted by atomic mass is 15.5. The molecule has 0 aliphatic heterocycles. The molecule has 4 nitrogen and oxygen atoms in total. The second-order valence-corrected chi connectivity index (χ2v) is 5.34. The van der Waals surface area contributed by atoms with Crippen LogP contribution in [0, 0.1) is 6.92 Å². The van der Waals surface area contributed by atoms with Crippen LogP contribution in [0.25, 0.3) is 0 Å². The second-order valence-electron chi connectivity index (χ2n) is 5.34. The fourth-order valence-electron chi connectivity index (χ4n) is 1.57. The lowest BCUT2D eigenvalue weighted by atomic mass is 9.91.